The van der Waals surface area contributed by atoms with E-state index in [1.165, 1.54) is 6.07 Å². The number of rotatable bonds is 6. The fraction of sp³-hybridized carbons (Fsp3) is 0.500. The van der Waals surface area contributed by atoms with Gasteiger partial charge in [-0.15, -0.1) is 0 Å². The van der Waals surface area contributed by atoms with Gasteiger partial charge in [0.15, 0.2) is 0 Å². The molecule has 0 saturated heterocycles. The highest BCUT2D eigenvalue weighted by atomic mass is 32.1. The van der Waals surface area contributed by atoms with Gasteiger partial charge >= 0.3 is 6.18 Å². The van der Waals surface area contributed by atoms with Crippen LogP contribution in [0.5, 0.6) is 0 Å². The highest BCUT2D eigenvalue weighted by molar-refractivity contribution is 7.80. The molecule has 0 spiro atoms. The Labute approximate surface area is 120 Å². The van der Waals surface area contributed by atoms with E-state index < -0.39 is 11.9 Å². The van der Waals surface area contributed by atoms with Crippen molar-refractivity contribution in [2.24, 2.45) is 5.73 Å². The van der Waals surface area contributed by atoms with Crippen LogP contribution in [0.3, 0.4) is 0 Å². The molecule has 1 rings (SSSR count). The van der Waals surface area contributed by atoms with Crippen molar-refractivity contribution in [2.45, 2.75) is 26.1 Å². The first kappa shape index (κ1) is 16.6. The van der Waals surface area contributed by atoms with E-state index in [1.807, 2.05) is 13.8 Å². The molecule has 1 aromatic rings. The van der Waals surface area contributed by atoms with E-state index in [0.29, 0.717) is 13.2 Å². The number of ether oxygens (including phenoxy) is 1. The minimum atomic E-state index is -4.51. The quantitative estimate of drug-likeness (QED) is 0.625. The molecule has 4 nitrogen and oxygen atoms in total. The number of nitrogens with one attached hydrogen (secondary N) is 1. The smallest absolute Gasteiger partial charge is 0.389 e. The van der Waals surface area contributed by atoms with Gasteiger partial charge in [-0.05, 0) is 26.0 Å². The number of nitrogens with zero attached hydrogens (tertiary/aromatic N) is 1. The Hall–Kier alpha value is -1.41. The monoisotopic (exact) mass is 307 g/mol. The summed E-state index contributed by atoms with van der Waals surface area (Å²) in [7, 11) is 0. The van der Waals surface area contributed by atoms with E-state index in [1.54, 1.807) is 0 Å². The summed E-state index contributed by atoms with van der Waals surface area (Å²) in [5, 5.41) is 2.76. The SMILES string of the molecule is CC(C)OCCNc1nc(C(F)(F)F)ccc1C(N)=S. The molecular formula is C12H16F3N3OS. The second kappa shape index (κ2) is 6.85. The number of aromatic nitrogens is 1. The number of thiocarbonyl (C=S) groups is 1. The molecule has 8 heteroatoms. The zero-order chi connectivity index (χ0) is 15.3. The average Bonchev–Trinajstić information content (AvgIpc) is 2.32. The normalized spacial score (nSPS) is 11.7. The lowest BCUT2D eigenvalue weighted by Gasteiger charge is -2.14. The predicted octanol–water partition coefficient (Wildman–Crippen LogP) is 2.57. The largest absolute Gasteiger partial charge is 0.433 e. The van der Waals surface area contributed by atoms with Crippen LogP contribution in [0, 0.1) is 0 Å². The first-order chi connectivity index (χ1) is 9.21. The molecule has 112 valence electrons. The first-order valence-electron chi connectivity index (χ1n) is 5.95. The van der Waals surface area contributed by atoms with Crippen molar-refractivity contribution in [3.05, 3.63) is 23.4 Å². The van der Waals surface area contributed by atoms with Crippen molar-refractivity contribution in [3.8, 4) is 0 Å². The minimum Gasteiger partial charge on any atom is -0.389 e. The number of halogens is 3. The summed E-state index contributed by atoms with van der Waals surface area (Å²) in [4.78, 5) is 3.51. The number of pyridine rings is 1. The maximum absolute atomic E-state index is 12.6. The van der Waals surface area contributed by atoms with Crippen molar-refractivity contribution >= 4 is 23.0 Å². The van der Waals surface area contributed by atoms with Crippen molar-refractivity contribution in [2.75, 3.05) is 18.5 Å². The zero-order valence-corrected chi connectivity index (χ0v) is 11.9. The summed E-state index contributed by atoms with van der Waals surface area (Å²) in [5.41, 5.74) is 4.75. The predicted molar refractivity (Wildman–Crippen MR) is 74.7 cm³/mol. The topological polar surface area (TPSA) is 60.2 Å². The van der Waals surface area contributed by atoms with E-state index in [9.17, 15) is 13.2 Å². The van der Waals surface area contributed by atoms with Crippen LogP contribution < -0.4 is 11.1 Å². The Kier molecular flexibility index (Phi) is 5.70. The van der Waals surface area contributed by atoms with Gasteiger partial charge in [0.2, 0.25) is 0 Å². The lowest BCUT2D eigenvalue weighted by molar-refractivity contribution is -0.141. The second-order valence-electron chi connectivity index (χ2n) is 4.30. The third-order valence-corrected chi connectivity index (χ3v) is 2.52. The molecule has 0 amide bonds. The zero-order valence-electron chi connectivity index (χ0n) is 11.1. The van der Waals surface area contributed by atoms with E-state index >= 15 is 0 Å². The highest BCUT2D eigenvalue weighted by Crippen LogP contribution is 2.29. The molecule has 0 unspecified atom stereocenters. The second-order valence-corrected chi connectivity index (χ2v) is 4.74. The van der Waals surface area contributed by atoms with E-state index in [4.69, 9.17) is 22.7 Å². The Bertz CT molecular complexity index is 478. The number of nitrogens with two attached hydrogens (primary N) is 1. The Morgan fingerprint density at radius 2 is 2.10 bits per heavy atom. The van der Waals surface area contributed by atoms with Crippen LogP contribution in [-0.4, -0.2) is 29.2 Å². The minimum absolute atomic E-state index is 0.0136. The molecular weight excluding hydrogens is 291 g/mol. The fourth-order valence-electron chi connectivity index (χ4n) is 1.41. The number of hydrogen-bond acceptors (Lipinski definition) is 4. The third kappa shape index (κ3) is 4.93. The van der Waals surface area contributed by atoms with Crippen LogP contribution in [-0.2, 0) is 10.9 Å². The molecule has 0 aliphatic rings. The summed E-state index contributed by atoms with van der Waals surface area (Å²) in [6.07, 6.45) is -4.47. The van der Waals surface area contributed by atoms with E-state index in [-0.39, 0.29) is 22.5 Å². The molecule has 0 fully saturated rings. The molecule has 0 bridgehead atoms. The maximum Gasteiger partial charge on any atom is 0.433 e. The molecule has 0 aliphatic carbocycles. The fourth-order valence-corrected chi connectivity index (χ4v) is 1.58. The molecule has 0 radical (unpaired) electrons. The average molecular weight is 307 g/mol. The number of alkyl halides is 3. The lowest BCUT2D eigenvalue weighted by Crippen LogP contribution is -2.20. The maximum atomic E-state index is 12.6. The molecule has 1 heterocycles. The van der Waals surface area contributed by atoms with Gasteiger partial charge < -0.3 is 15.8 Å². The standard InChI is InChI=1S/C12H16F3N3OS/c1-7(2)19-6-5-17-11-8(10(16)20)3-4-9(18-11)12(13,14)15/h3-4,7H,5-6H2,1-2H3,(H2,16,20)(H,17,18). The van der Waals surface area contributed by atoms with Gasteiger partial charge in [-0.2, -0.15) is 13.2 Å². The highest BCUT2D eigenvalue weighted by Gasteiger charge is 2.33. The molecule has 3 N–H and O–H groups in total. The van der Waals surface area contributed by atoms with Crippen LogP contribution in [0.25, 0.3) is 0 Å². The van der Waals surface area contributed by atoms with Gasteiger partial charge in [-0.3, -0.25) is 0 Å². The van der Waals surface area contributed by atoms with Gasteiger partial charge in [0.1, 0.15) is 16.5 Å². The van der Waals surface area contributed by atoms with Gasteiger partial charge in [0.25, 0.3) is 0 Å². The number of hydrogen-bond donors (Lipinski definition) is 2. The van der Waals surface area contributed by atoms with E-state index in [0.717, 1.165) is 6.07 Å². The lowest BCUT2D eigenvalue weighted by atomic mass is 10.2. The van der Waals surface area contributed by atoms with Crippen LogP contribution in [0.15, 0.2) is 12.1 Å². The summed E-state index contributed by atoms with van der Waals surface area (Å²) in [6.45, 7) is 4.38. The van der Waals surface area contributed by atoms with Gasteiger partial charge in [0, 0.05) is 6.54 Å². The van der Waals surface area contributed by atoms with Gasteiger partial charge in [-0.1, -0.05) is 12.2 Å². The summed E-state index contributed by atoms with van der Waals surface area (Å²) in [5.74, 6) is 0.0136. The Balaban J connectivity index is 2.87. The van der Waals surface area contributed by atoms with Crippen LogP contribution in [0.1, 0.15) is 25.1 Å². The third-order valence-electron chi connectivity index (χ3n) is 2.30. The van der Waals surface area contributed by atoms with E-state index in [2.05, 4.69) is 10.3 Å². The molecule has 0 aliphatic heterocycles. The first-order valence-corrected chi connectivity index (χ1v) is 6.36. The van der Waals surface area contributed by atoms with Crippen molar-refractivity contribution in [3.63, 3.8) is 0 Å². The summed E-state index contributed by atoms with van der Waals surface area (Å²) >= 11 is 4.79. The van der Waals surface area contributed by atoms with Crippen molar-refractivity contribution in [1.82, 2.24) is 4.98 Å². The molecule has 0 atom stereocenters. The summed E-state index contributed by atoms with van der Waals surface area (Å²) in [6, 6.07) is 2.06. The number of anilines is 1. The van der Waals surface area contributed by atoms with Crippen LogP contribution in [0.2, 0.25) is 0 Å². The van der Waals surface area contributed by atoms with Gasteiger partial charge in [0.05, 0.1) is 18.3 Å². The molecule has 1 aromatic heterocycles. The van der Waals surface area contributed by atoms with Crippen LogP contribution in [0.4, 0.5) is 19.0 Å². The van der Waals surface area contributed by atoms with Crippen molar-refractivity contribution < 1.29 is 17.9 Å². The Morgan fingerprint density at radius 1 is 1.45 bits per heavy atom. The molecule has 20 heavy (non-hydrogen) atoms. The van der Waals surface area contributed by atoms with Crippen LogP contribution >= 0.6 is 12.2 Å². The van der Waals surface area contributed by atoms with Crippen molar-refractivity contribution in [1.29, 1.82) is 0 Å². The Morgan fingerprint density at radius 3 is 2.60 bits per heavy atom. The van der Waals surface area contributed by atoms with Gasteiger partial charge in [-0.25, -0.2) is 4.98 Å². The molecule has 0 saturated carbocycles. The summed E-state index contributed by atoms with van der Waals surface area (Å²) < 4.78 is 43.1. The molecule has 0 aromatic carbocycles.